The quantitative estimate of drug-likeness (QED) is 0.844. The molecule has 4 nitrogen and oxygen atoms in total. The minimum absolute atomic E-state index is 0.00903. The minimum Gasteiger partial charge on any atom is -0.348 e. The molecule has 1 unspecified atom stereocenters. The summed E-state index contributed by atoms with van der Waals surface area (Å²) in [5, 5.41) is 6.07. The third-order valence-corrected chi connectivity index (χ3v) is 3.01. The van der Waals surface area contributed by atoms with E-state index < -0.39 is 0 Å². The normalized spacial score (nSPS) is 11.8. The van der Waals surface area contributed by atoms with Crippen molar-refractivity contribution in [1.29, 1.82) is 0 Å². The molecule has 1 amide bonds. The third-order valence-electron chi connectivity index (χ3n) is 3.01. The molecule has 0 bridgehead atoms. The molecule has 1 atom stereocenters. The van der Waals surface area contributed by atoms with Crippen LogP contribution in [0.4, 0.5) is 0 Å². The van der Waals surface area contributed by atoms with Crippen LogP contribution in [0, 0.1) is 0 Å². The fourth-order valence-corrected chi connectivity index (χ4v) is 1.94. The molecule has 0 radical (unpaired) electrons. The van der Waals surface area contributed by atoms with Crippen molar-refractivity contribution in [3.05, 3.63) is 66.0 Å². The van der Waals surface area contributed by atoms with E-state index in [1.54, 1.807) is 12.4 Å². The van der Waals surface area contributed by atoms with Crippen molar-refractivity contribution in [3.63, 3.8) is 0 Å². The van der Waals surface area contributed by atoms with E-state index in [4.69, 9.17) is 0 Å². The molecule has 0 aliphatic carbocycles. The molecule has 1 aromatic heterocycles. The van der Waals surface area contributed by atoms with Crippen LogP contribution in [0.5, 0.6) is 0 Å². The number of carbonyl (C=O) groups is 1. The van der Waals surface area contributed by atoms with Gasteiger partial charge in [0.2, 0.25) is 5.91 Å². The van der Waals surface area contributed by atoms with Crippen molar-refractivity contribution in [2.24, 2.45) is 0 Å². The van der Waals surface area contributed by atoms with E-state index >= 15 is 0 Å². The number of nitrogens with one attached hydrogen (secondary N) is 2. The molecule has 104 valence electrons. The summed E-state index contributed by atoms with van der Waals surface area (Å²) >= 11 is 0. The Morgan fingerprint density at radius 1 is 1.20 bits per heavy atom. The number of carbonyl (C=O) groups excluding carboxylic acids is 1. The SMILES string of the molecule is CC(NC(=O)CNCc1cccnc1)c1ccccc1. The van der Waals surface area contributed by atoms with Gasteiger partial charge in [0.1, 0.15) is 0 Å². The van der Waals surface area contributed by atoms with Gasteiger partial charge in [0.15, 0.2) is 0 Å². The number of hydrogen-bond donors (Lipinski definition) is 2. The van der Waals surface area contributed by atoms with Crippen molar-refractivity contribution < 1.29 is 4.79 Å². The number of pyridine rings is 1. The molecule has 0 fully saturated rings. The van der Waals surface area contributed by atoms with E-state index in [0.29, 0.717) is 13.1 Å². The number of aromatic nitrogens is 1. The first-order valence-corrected chi connectivity index (χ1v) is 6.69. The number of benzene rings is 1. The summed E-state index contributed by atoms with van der Waals surface area (Å²) in [4.78, 5) is 15.9. The topological polar surface area (TPSA) is 54.0 Å². The lowest BCUT2D eigenvalue weighted by Crippen LogP contribution is -2.35. The molecule has 1 heterocycles. The van der Waals surface area contributed by atoms with Crippen LogP contribution in [-0.4, -0.2) is 17.4 Å². The van der Waals surface area contributed by atoms with Crippen LogP contribution < -0.4 is 10.6 Å². The number of amides is 1. The van der Waals surface area contributed by atoms with E-state index in [-0.39, 0.29) is 11.9 Å². The summed E-state index contributed by atoms with van der Waals surface area (Å²) in [7, 11) is 0. The van der Waals surface area contributed by atoms with Gasteiger partial charge in [-0.25, -0.2) is 0 Å². The Hall–Kier alpha value is -2.20. The molecule has 0 aliphatic rings. The summed E-state index contributed by atoms with van der Waals surface area (Å²) in [6.45, 7) is 2.92. The molecule has 2 rings (SSSR count). The van der Waals surface area contributed by atoms with Gasteiger partial charge in [-0.3, -0.25) is 9.78 Å². The van der Waals surface area contributed by atoms with Gasteiger partial charge in [-0.1, -0.05) is 36.4 Å². The van der Waals surface area contributed by atoms with Crippen LogP contribution >= 0.6 is 0 Å². The lowest BCUT2D eigenvalue weighted by Gasteiger charge is -2.14. The van der Waals surface area contributed by atoms with E-state index in [1.165, 1.54) is 0 Å². The summed E-state index contributed by atoms with van der Waals surface area (Å²) < 4.78 is 0. The molecule has 0 saturated carbocycles. The maximum Gasteiger partial charge on any atom is 0.234 e. The number of nitrogens with zero attached hydrogens (tertiary/aromatic N) is 1. The maximum absolute atomic E-state index is 11.8. The molecule has 4 heteroatoms. The smallest absolute Gasteiger partial charge is 0.234 e. The monoisotopic (exact) mass is 269 g/mol. The second-order valence-electron chi connectivity index (χ2n) is 4.66. The molecule has 2 aromatic rings. The van der Waals surface area contributed by atoms with E-state index in [9.17, 15) is 4.79 Å². The molecule has 2 N–H and O–H groups in total. The first kappa shape index (κ1) is 14.2. The van der Waals surface area contributed by atoms with Gasteiger partial charge in [0.25, 0.3) is 0 Å². The van der Waals surface area contributed by atoms with E-state index in [1.807, 2.05) is 49.4 Å². The maximum atomic E-state index is 11.8. The van der Waals surface area contributed by atoms with Crippen molar-refractivity contribution in [3.8, 4) is 0 Å². The fourth-order valence-electron chi connectivity index (χ4n) is 1.94. The van der Waals surface area contributed by atoms with Gasteiger partial charge in [-0.15, -0.1) is 0 Å². The van der Waals surface area contributed by atoms with Crippen LogP contribution in [0.15, 0.2) is 54.9 Å². The highest BCUT2D eigenvalue weighted by atomic mass is 16.1. The predicted octanol–water partition coefficient (Wildman–Crippen LogP) is 2.05. The molecule has 0 spiro atoms. The van der Waals surface area contributed by atoms with Gasteiger partial charge in [0, 0.05) is 18.9 Å². The Kier molecular flexibility index (Phi) is 5.26. The zero-order valence-corrected chi connectivity index (χ0v) is 11.5. The van der Waals surface area contributed by atoms with Crippen molar-refractivity contribution >= 4 is 5.91 Å². The first-order chi connectivity index (χ1) is 9.75. The first-order valence-electron chi connectivity index (χ1n) is 6.69. The predicted molar refractivity (Wildman–Crippen MR) is 78.9 cm³/mol. The average Bonchev–Trinajstić information content (AvgIpc) is 2.49. The fraction of sp³-hybridized carbons (Fsp3) is 0.250. The van der Waals surface area contributed by atoms with Gasteiger partial charge in [-0.05, 0) is 24.1 Å². The average molecular weight is 269 g/mol. The highest BCUT2D eigenvalue weighted by Gasteiger charge is 2.08. The molecule has 1 aromatic carbocycles. The highest BCUT2D eigenvalue weighted by Crippen LogP contribution is 2.10. The van der Waals surface area contributed by atoms with Gasteiger partial charge in [-0.2, -0.15) is 0 Å². The van der Waals surface area contributed by atoms with Crippen LogP contribution in [0.1, 0.15) is 24.1 Å². The largest absolute Gasteiger partial charge is 0.348 e. The minimum atomic E-state index is -0.00903. The standard InChI is InChI=1S/C16H19N3O/c1-13(15-7-3-2-4-8-15)19-16(20)12-18-11-14-6-5-9-17-10-14/h2-10,13,18H,11-12H2,1H3,(H,19,20). The Morgan fingerprint density at radius 2 is 2.00 bits per heavy atom. The lowest BCUT2D eigenvalue weighted by atomic mass is 10.1. The summed E-state index contributed by atoms with van der Waals surface area (Å²) in [6.07, 6.45) is 3.52. The summed E-state index contributed by atoms with van der Waals surface area (Å²) in [6, 6.07) is 13.8. The van der Waals surface area contributed by atoms with Crippen LogP contribution in [-0.2, 0) is 11.3 Å². The lowest BCUT2D eigenvalue weighted by molar-refractivity contribution is -0.120. The molecule has 0 saturated heterocycles. The summed E-state index contributed by atoms with van der Waals surface area (Å²) in [5.41, 5.74) is 2.17. The number of rotatable bonds is 6. The summed E-state index contributed by atoms with van der Waals surface area (Å²) in [5.74, 6) is -0.00903. The van der Waals surface area contributed by atoms with Gasteiger partial charge < -0.3 is 10.6 Å². The van der Waals surface area contributed by atoms with Gasteiger partial charge in [0.05, 0.1) is 12.6 Å². The molecule has 20 heavy (non-hydrogen) atoms. The van der Waals surface area contributed by atoms with Crippen molar-refractivity contribution in [1.82, 2.24) is 15.6 Å². The Labute approximate surface area is 119 Å². The van der Waals surface area contributed by atoms with E-state index in [2.05, 4.69) is 15.6 Å². The second kappa shape index (κ2) is 7.40. The third kappa shape index (κ3) is 4.48. The second-order valence-corrected chi connectivity index (χ2v) is 4.66. The Morgan fingerprint density at radius 3 is 2.70 bits per heavy atom. The van der Waals surface area contributed by atoms with Crippen LogP contribution in [0.2, 0.25) is 0 Å². The Bertz CT molecular complexity index is 528. The zero-order valence-electron chi connectivity index (χ0n) is 11.5. The molecule has 0 aliphatic heterocycles. The Balaban J connectivity index is 1.73. The highest BCUT2D eigenvalue weighted by molar-refractivity contribution is 5.78. The number of hydrogen-bond acceptors (Lipinski definition) is 3. The molecular formula is C16H19N3O. The van der Waals surface area contributed by atoms with Gasteiger partial charge >= 0.3 is 0 Å². The van der Waals surface area contributed by atoms with Crippen LogP contribution in [0.25, 0.3) is 0 Å². The van der Waals surface area contributed by atoms with E-state index in [0.717, 1.165) is 11.1 Å². The van der Waals surface area contributed by atoms with Crippen molar-refractivity contribution in [2.75, 3.05) is 6.54 Å². The van der Waals surface area contributed by atoms with Crippen molar-refractivity contribution in [2.45, 2.75) is 19.5 Å². The van der Waals surface area contributed by atoms with Crippen LogP contribution in [0.3, 0.4) is 0 Å². The molecular weight excluding hydrogens is 250 g/mol. The zero-order chi connectivity index (χ0) is 14.2.